The molecule has 4 rings (SSSR count). The number of alkyl halides is 3. The molecule has 0 unspecified atom stereocenters. The van der Waals surface area contributed by atoms with Gasteiger partial charge < -0.3 is 9.47 Å². The number of methoxy groups -OCH3 is 1. The smallest absolute Gasteiger partial charge is 0.416 e. The van der Waals surface area contributed by atoms with Crippen molar-refractivity contribution in [2.75, 3.05) is 7.11 Å². The van der Waals surface area contributed by atoms with Gasteiger partial charge in [0, 0.05) is 21.1 Å². The van der Waals surface area contributed by atoms with Gasteiger partial charge in [-0.15, -0.1) is 23.1 Å². The molecule has 0 amide bonds. The van der Waals surface area contributed by atoms with Crippen LogP contribution in [0.3, 0.4) is 0 Å². The third-order valence-corrected chi connectivity index (χ3v) is 7.50. The number of hydrogen-bond acceptors (Lipinski definition) is 6. The largest absolute Gasteiger partial charge is 0.469 e. The van der Waals surface area contributed by atoms with Crippen LogP contribution in [0.15, 0.2) is 59.2 Å². The van der Waals surface area contributed by atoms with Crippen molar-refractivity contribution in [2.45, 2.75) is 36.6 Å². The van der Waals surface area contributed by atoms with Crippen LogP contribution in [-0.4, -0.2) is 18.1 Å². The SMILES string of the molecule is COC(=O)CC1=CCc2cc(SCc3sc(-c4ccc(C(F)(F)F)cc4)nc3C)ccc2O1. The van der Waals surface area contributed by atoms with E-state index >= 15 is 0 Å². The van der Waals surface area contributed by atoms with Crippen LogP contribution in [0.5, 0.6) is 5.75 Å². The molecule has 9 heteroatoms. The molecular weight excluding hydrogens is 471 g/mol. The van der Waals surface area contributed by atoms with Crippen LogP contribution >= 0.6 is 23.1 Å². The number of halogens is 3. The second-order valence-corrected chi connectivity index (χ2v) is 9.52. The molecule has 172 valence electrons. The molecule has 0 N–H and O–H groups in total. The Balaban J connectivity index is 1.41. The first kappa shape index (κ1) is 23.4. The first-order valence-corrected chi connectivity index (χ1v) is 11.9. The number of ether oxygens (including phenoxy) is 2. The van der Waals surface area contributed by atoms with Gasteiger partial charge in [0.2, 0.25) is 0 Å². The molecule has 2 heterocycles. The number of fused-ring (bicyclic) bond motifs is 1. The Hall–Kier alpha value is -2.78. The number of aromatic nitrogens is 1. The molecule has 33 heavy (non-hydrogen) atoms. The average molecular weight is 492 g/mol. The van der Waals surface area contributed by atoms with Gasteiger partial charge in [-0.05, 0) is 55.3 Å². The number of hydrogen-bond donors (Lipinski definition) is 0. The van der Waals surface area contributed by atoms with Gasteiger partial charge >= 0.3 is 12.1 Å². The van der Waals surface area contributed by atoms with Gasteiger partial charge in [-0.3, -0.25) is 4.79 Å². The van der Waals surface area contributed by atoms with Crippen LogP contribution in [-0.2, 0) is 27.9 Å². The molecule has 4 nitrogen and oxygen atoms in total. The number of esters is 1. The maximum absolute atomic E-state index is 12.8. The monoisotopic (exact) mass is 491 g/mol. The maximum atomic E-state index is 12.8. The number of benzene rings is 2. The lowest BCUT2D eigenvalue weighted by Crippen LogP contribution is -2.10. The molecule has 0 saturated heterocycles. The maximum Gasteiger partial charge on any atom is 0.416 e. The number of carbonyl (C=O) groups is 1. The summed E-state index contributed by atoms with van der Waals surface area (Å²) in [5.41, 5.74) is 1.92. The number of thioether (sulfide) groups is 1. The summed E-state index contributed by atoms with van der Waals surface area (Å²) in [6, 6.07) is 11.0. The molecule has 2 aromatic carbocycles. The Morgan fingerprint density at radius 2 is 1.97 bits per heavy atom. The number of nitrogens with zero attached hydrogens (tertiary/aromatic N) is 1. The molecule has 0 spiro atoms. The van der Waals surface area contributed by atoms with Crippen molar-refractivity contribution in [3.8, 4) is 16.3 Å². The first-order valence-electron chi connectivity index (χ1n) is 10.1. The predicted octanol–water partition coefficient (Wildman–Crippen LogP) is 6.81. The molecule has 0 radical (unpaired) electrons. The molecule has 3 aromatic rings. The van der Waals surface area contributed by atoms with Crippen LogP contribution in [0, 0.1) is 6.92 Å². The van der Waals surface area contributed by atoms with Gasteiger partial charge in [-0.1, -0.05) is 12.1 Å². The molecule has 1 aliphatic rings. The van der Waals surface area contributed by atoms with Gasteiger partial charge in [0.05, 0.1) is 18.4 Å². The second kappa shape index (κ2) is 9.61. The Labute approximate surface area is 197 Å². The van der Waals surface area contributed by atoms with Crippen molar-refractivity contribution in [3.63, 3.8) is 0 Å². The van der Waals surface area contributed by atoms with Crippen molar-refractivity contribution in [2.24, 2.45) is 0 Å². The van der Waals surface area contributed by atoms with E-state index in [4.69, 9.17) is 4.74 Å². The zero-order chi connectivity index (χ0) is 23.6. The van der Waals surface area contributed by atoms with Crippen molar-refractivity contribution in [1.29, 1.82) is 0 Å². The zero-order valence-corrected chi connectivity index (χ0v) is 19.5. The van der Waals surface area contributed by atoms with E-state index in [0.717, 1.165) is 38.9 Å². The number of allylic oxidation sites excluding steroid dienone is 1. The summed E-state index contributed by atoms with van der Waals surface area (Å²) in [5, 5.41) is 0.707. The minimum absolute atomic E-state index is 0.109. The molecule has 0 bridgehead atoms. The molecule has 0 atom stereocenters. The summed E-state index contributed by atoms with van der Waals surface area (Å²) in [6.45, 7) is 1.91. The number of thiazole rings is 1. The highest BCUT2D eigenvalue weighted by Crippen LogP contribution is 2.37. The van der Waals surface area contributed by atoms with Crippen LogP contribution in [0.25, 0.3) is 10.6 Å². The minimum atomic E-state index is -4.35. The van der Waals surface area contributed by atoms with Gasteiger partial charge in [-0.25, -0.2) is 4.98 Å². The Bertz CT molecular complexity index is 1200. The molecule has 0 saturated carbocycles. The van der Waals surface area contributed by atoms with Crippen LogP contribution in [0.1, 0.15) is 28.1 Å². The van der Waals surface area contributed by atoms with Crippen LogP contribution in [0.4, 0.5) is 13.2 Å². The quantitative estimate of drug-likeness (QED) is 0.280. The van der Waals surface area contributed by atoms with Crippen molar-refractivity contribution in [3.05, 3.63) is 76.0 Å². The van der Waals surface area contributed by atoms with Crippen molar-refractivity contribution >= 4 is 29.1 Å². The molecule has 1 aromatic heterocycles. The summed E-state index contributed by atoms with van der Waals surface area (Å²) in [4.78, 5) is 18.1. The lowest BCUT2D eigenvalue weighted by Gasteiger charge is -2.18. The molecule has 0 fully saturated rings. The average Bonchev–Trinajstić information content (AvgIpc) is 3.17. The molecule has 1 aliphatic heterocycles. The number of aryl methyl sites for hydroxylation is 1. The highest BCUT2D eigenvalue weighted by molar-refractivity contribution is 7.98. The Morgan fingerprint density at radius 3 is 2.67 bits per heavy atom. The fourth-order valence-corrected chi connectivity index (χ4v) is 5.44. The van der Waals surface area contributed by atoms with E-state index in [1.165, 1.54) is 30.6 Å². The zero-order valence-electron chi connectivity index (χ0n) is 17.9. The van der Waals surface area contributed by atoms with Crippen molar-refractivity contribution < 1.29 is 27.4 Å². The molecule has 0 aliphatic carbocycles. The number of carbonyl (C=O) groups excluding carboxylic acids is 1. The third-order valence-electron chi connectivity index (χ3n) is 5.09. The van der Waals surface area contributed by atoms with Crippen LogP contribution < -0.4 is 4.74 Å². The standard InChI is InChI=1S/C24H20F3NO3S2/c1-14-21(33-23(28-14)15-3-6-17(7-4-15)24(25,26)27)13-32-19-9-10-20-16(11-19)5-8-18(31-20)12-22(29)30-2/h3-4,6-11H,5,12-13H2,1-2H3. The lowest BCUT2D eigenvalue weighted by atomic mass is 10.1. The fraction of sp³-hybridized carbons (Fsp3) is 0.250. The fourth-order valence-electron chi connectivity index (χ4n) is 3.27. The highest BCUT2D eigenvalue weighted by Gasteiger charge is 2.30. The normalized spacial score (nSPS) is 13.2. The summed E-state index contributed by atoms with van der Waals surface area (Å²) in [5.74, 6) is 1.69. The Morgan fingerprint density at radius 1 is 1.21 bits per heavy atom. The molecular formula is C24H20F3NO3S2. The summed E-state index contributed by atoms with van der Waals surface area (Å²) < 4.78 is 48.9. The van der Waals surface area contributed by atoms with Crippen LogP contribution in [0.2, 0.25) is 0 Å². The van der Waals surface area contributed by atoms with Gasteiger partial charge in [-0.2, -0.15) is 13.2 Å². The first-order chi connectivity index (χ1) is 15.7. The lowest BCUT2D eigenvalue weighted by molar-refractivity contribution is -0.140. The summed E-state index contributed by atoms with van der Waals surface area (Å²) >= 11 is 3.15. The van der Waals surface area contributed by atoms with E-state index < -0.39 is 11.7 Å². The topological polar surface area (TPSA) is 48.4 Å². The van der Waals surface area contributed by atoms with E-state index in [2.05, 4.69) is 15.8 Å². The van der Waals surface area contributed by atoms with E-state index in [-0.39, 0.29) is 12.4 Å². The van der Waals surface area contributed by atoms with E-state index in [9.17, 15) is 18.0 Å². The third kappa shape index (κ3) is 5.59. The van der Waals surface area contributed by atoms with Crippen molar-refractivity contribution in [1.82, 2.24) is 4.98 Å². The van der Waals surface area contributed by atoms with E-state index in [1.807, 2.05) is 25.1 Å². The van der Waals surface area contributed by atoms with Gasteiger partial charge in [0.1, 0.15) is 22.9 Å². The minimum Gasteiger partial charge on any atom is -0.469 e. The Kier molecular flexibility index (Phi) is 6.81. The summed E-state index contributed by atoms with van der Waals surface area (Å²) in [7, 11) is 1.35. The second-order valence-electron chi connectivity index (χ2n) is 7.39. The predicted molar refractivity (Wildman–Crippen MR) is 122 cm³/mol. The van der Waals surface area contributed by atoms with E-state index in [1.54, 1.807) is 11.8 Å². The van der Waals surface area contributed by atoms with Gasteiger partial charge in [0.15, 0.2) is 0 Å². The number of rotatable bonds is 6. The van der Waals surface area contributed by atoms with E-state index in [0.29, 0.717) is 28.5 Å². The van der Waals surface area contributed by atoms with Gasteiger partial charge in [0.25, 0.3) is 0 Å². The highest BCUT2D eigenvalue weighted by atomic mass is 32.2. The summed E-state index contributed by atoms with van der Waals surface area (Å²) in [6.07, 6.45) is -1.68.